The summed E-state index contributed by atoms with van der Waals surface area (Å²) >= 11 is 0. The first-order chi connectivity index (χ1) is 11.2. The Balaban J connectivity index is 1.49. The molecule has 3 aliphatic rings. The van der Waals surface area contributed by atoms with Crippen LogP contribution in [0.15, 0.2) is 47.2 Å². The van der Waals surface area contributed by atoms with E-state index in [1.807, 2.05) is 7.05 Å². The molecule has 0 fully saturated rings. The summed E-state index contributed by atoms with van der Waals surface area (Å²) in [4.78, 5) is 0. The van der Waals surface area contributed by atoms with Gasteiger partial charge in [0, 0.05) is 37.3 Å². The molecule has 0 radical (unpaired) electrons. The number of allylic oxidation sites excluding steroid dienone is 7. The van der Waals surface area contributed by atoms with Crippen molar-refractivity contribution in [2.45, 2.75) is 64.3 Å². The van der Waals surface area contributed by atoms with E-state index in [0.29, 0.717) is 6.04 Å². The summed E-state index contributed by atoms with van der Waals surface area (Å²) in [5.74, 6) is 3.11. The molecule has 0 aromatic heterocycles. The van der Waals surface area contributed by atoms with Gasteiger partial charge in [0.1, 0.15) is 5.76 Å². The lowest BCUT2D eigenvalue weighted by Gasteiger charge is -2.27. The van der Waals surface area contributed by atoms with Gasteiger partial charge in [-0.1, -0.05) is 13.0 Å². The van der Waals surface area contributed by atoms with Gasteiger partial charge in [0.2, 0.25) is 0 Å². The zero-order chi connectivity index (χ0) is 16.1. The maximum Gasteiger partial charge on any atom is 0.104 e. The van der Waals surface area contributed by atoms with Crippen LogP contribution in [0, 0.1) is 5.92 Å². The molecule has 2 N–H and O–H groups in total. The van der Waals surface area contributed by atoms with Crippen molar-refractivity contribution in [2.24, 2.45) is 5.92 Å². The summed E-state index contributed by atoms with van der Waals surface area (Å²) in [6, 6.07) is 0.580. The number of rotatable bonds is 5. The zero-order valence-electron chi connectivity index (χ0n) is 14.5. The van der Waals surface area contributed by atoms with E-state index in [1.165, 1.54) is 30.0 Å². The van der Waals surface area contributed by atoms with Crippen LogP contribution < -0.4 is 10.6 Å². The average Bonchev–Trinajstić information content (AvgIpc) is 2.59. The predicted octanol–water partition coefficient (Wildman–Crippen LogP) is 4.51. The molecule has 3 aliphatic carbocycles. The van der Waals surface area contributed by atoms with Crippen LogP contribution in [0.1, 0.15) is 58.3 Å². The van der Waals surface area contributed by atoms with Crippen molar-refractivity contribution < 1.29 is 4.74 Å². The van der Waals surface area contributed by atoms with E-state index in [4.69, 9.17) is 4.74 Å². The van der Waals surface area contributed by atoms with Crippen molar-refractivity contribution >= 4 is 0 Å². The molecular weight excluding hydrogens is 284 g/mol. The molecule has 0 spiro atoms. The summed E-state index contributed by atoms with van der Waals surface area (Å²) in [6.07, 6.45) is 18.0. The van der Waals surface area contributed by atoms with Crippen LogP contribution in [0.5, 0.6) is 0 Å². The fraction of sp³-hybridized carbons (Fsp3) is 0.600. The minimum atomic E-state index is 0.580. The maximum absolute atomic E-state index is 6.08. The van der Waals surface area contributed by atoms with E-state index in [9.17, 15) is 0 Å². The van der Waals surface area contributed by atoms with Crippen molar-refractivity contribution in [1.29, 1.82) is 0 Å². The van der Waals surface area contributed by atoms with Crippen molar-refractivity contribution in [2.75, 3.05) is 7.05 Å². The highest BCUT2D eigenvalue weighted by Gasteiger charge is 2.17. The van der Waals surface area contributed by atoms with Gasteiger partial charge >= 0.3 is 0 Å². The van der Waals surface area contributed by atoms with Gasteiger partial charge < -0.3 is 15.4 Å². The van der Waals surface area contributed by atoms with Crippen LogP contribution >= 0.6 is 0 Å². The Morgan fingerprint density at radius 2 is 1.83 bits per heavy atom. The first-order valence-corrected chi connectivity index (χ1v) is 9.13. The molecule has 0 saturated carbocycles. The monoisotopic (exact) mass is 314 g/mol. The molecule has 0 bridgehead atoms. The summed E-state index contributed by atoms with van der Waals surface area (Å²) in [7, 11) is 2.01. The highest BCUT2D eigenvalue weighted by Crippen LogP contribution is 2.28. The molecule has 0 aromatic carbocycles. The summed E-state index contributed by atoms with van der Waals surface area (Å²) < 4.78 is 6.08. The highest BCUT2D eigenvalue weighted by molar-refractivity contribution is 5.22. The van der Waals surface area contributed by atoms with Crippen molar-refractivity contribution in [3.8, 4) is 0 Å². The second-order valence-corrected chi connectivity index (χ2v) is 7.07. The van der Waals surface area contributed by atoms with Gasteiger partial charge in [0.15, 0.2) is 0 Å². The minimum absolute atomic E-state index is 0.580. The SMILES string of the molecule is CNC1=CCC(NC2=CC=C(OC3=CCC(C)CC3)CC2)CC1. The third-order valence-electron chi connectivity index (χ3n) is 5.13. The Morgan fingerprint density at radius 3 is 2.43 bits per heavy atom. The number of hydrogen-bond donors (Lipinski definition) is 2. The zero-order valence-corrected chi connectivity index (χ0v) is 14.5. The van der Waals surface area contributed by atoms with Crippen LogP contribution in [-0.2, 0) is 4.74 Å². The van der Waals surface area contributed by atoms with Gasteiger partial charge in [0.05, 0.1) is 5.76 Å². The summed E-state index contributed by atoms with van der Waals surface area (Å²) in [5.41, 5.74) is 2.74. The van der Waals surface area contributed by atoms with E-state index in [1.54, 1.807) is 0 Å². The Bertz CT molecular complexity index is 542. The van der Waals surface area contributed by atoms with Crippen LogP contribution in [0.3, 0.4) is 0 Å². The van der Waals surface area contributed by atoms with Crippen molar-refractivity contribution in [1.82, 2.24) is 10.6 Å². The van der Waals surface area contributed by atoms with E-state index < -0.39 is 0 Å². The van der Waals surface area contributed by atoms with Crippen LogP contribution in [0.25, 0.3) is 0 Å². The number of nitrogens with one attached hydrogen (secondary N) is 2. The van der Waals surface area contributed by atoms with E-state index in [0.717, 1.165) is 50.2 Å². The van der Waals surface area contributed by atoms with Crippen LogP contribution in [0.4, 0.5) is 0 Å². The molecule has 126 valence electrons. The lowest BCUT2D eigenvalue weighted by molar-refractivity contribution is 0.255. The van der Waals surface area contributed by atoms with Crippen molar-refractivity contribution in [3.63, 3.8) is 0 Å². The normalized spacial score (nSPS) is 28.1. The average molecular weight is 314 g/mol. The van der Waals surface area contributed by atoms with E-state index >= 15 is 0 Å². The first-order valence-electron chi connectivity index (χ1n) is 9.13. The molecule has 3 nitrogen and oxygen atoms in total. The molecule has 3 rings (SSSR count). The Kier molecular flexibility index (Phi) is 5.47. The van der Waals surface area contributed by atoms with Crippen LogP contribution in [0.2, 0.25) is 0 Å². The lowest BCUT2D eigenvalue weighted by Crippen LogP contribution is -2.31. The summed E-state index contributed by atoms with van der Waals surface area (Å²) in [5, 5.41) is 6.97. The second kappa shape index (κ2) is 7.76. The molecule has 2 atom stereocenters. The third-order valence-corrected chi connectivity index (χ3v) is 5.13. The molecule has 0 saturated heterocycles. The van der Waals surface area contributed by atoms with E-state index in [2.05, 4.69) is 41.9 Å². The van der Waals surface area contributed by atoms with Gasteiger partial charge in [-0.05, 0) is 62.7 Å². The standard InChI is InChI=1S/C20H30N2O/c1-15-3-11-19(12-4-15)23-20-13-9-18(10-14-20)22-17-7-5-16(21-2)6-8-17/h5,9,11,13,15,17,21-22H,3-4,6-8,10,12,14H2,1-2H3. The molecule has 3 heteroatoms. The van der Waals surface area contributed by atoms with Gasteiger partial charge in [-0.25, -0.2) is 0 Å². The molecular formula is C20H30N2O. The predicted molar refractivity (Wildman–Crippen MR) is 95.5 cm³/mol. The molecule has 23 heavy (non-hydrogen) atoms. The van der Waals surface area contributed by atoms with Gasteiger partial charge in [-0.2, -0.15) is 0 Å². The second-order valence-electron chi connectivity index (χ2n) is 7.07. The molecule has 0 heterocycles. The van der Waals surface area contributed by atoms with Gasteiger partial charge in [0.25, 0.3) is 0 Å². The van der Waals surface area contributed by atoms with E-state index in [-0.39, 0.29) is 0 Å². The minimum Gasteiger partial charge on any atom is -0.466 e. The van der Waals surface area contributed by atoms with Gasteiger partial charge in [-0.3, -0.25) is 0 Å². The van der Waals surface area contributed by atoms with Gasteiger partial charge in [-0.15, -0.1) is 0 Å². The molecule has 0 aliphatic heterocycles. The fourth-order valence-electron chi connectivity index (χ4n) is 3.48. The molecule has 0 amide bonds. The van der Waals surface area contributed by atoms with Crippen LogP contribution in [-0.4, -0.2) is 13.1 Å². The largest absolute Gasteiger partial charge is 0.466 e. The topological polar surface area (TPSA) is 33.3 Å². The van der Waals surface area contributed by atoms with Crippen molar-refractivity contribution in [3.05, 3.63) is 47.2 Å². The first kappa shape index (κ1) is 16.2. The molecule has 0 aromatic rings. The highest BCUT2D eigenvalue weighted by atomic mass is 16.5. The Hall–Kier alpha value is -1.64. The number of ether oxygens (including phenoxy) is 1. The maximum atomic E-state index is 6.08. The lowest BCUT2D eigenvalue weighted by atomic mass is 9.95. The smallest absolute Gasteiger partial charge is 0.104 e. The Labute approximate surface area is 140 Å². The molecule has 2 unspecified atom stereocenters. The fourth-order valence-corrected chi connectivity index (χ4v) is 3.48. The summed E-state index contributed by atoms with van der Waals surface area (Å²) in [6.45, 7) is 2.31. The number of hydrogen-bond acceptors (Lipinski definition) is 3. The quantitative estimate of drug-likeness (QED) is 0.783. The Morgan fingerprint density at radius 1 is 0.913 bits per heavy atom. The third kappa shape index (κ3) is 4.66.